The number of benzene rings is 2. The molecular formula is C23H26ClN3O3S. The summed E-state index contributed by atoms with van der Waals surface area (Å²) < 4.78 is 12.4. The summed E-state index contributed by atoms with van der Waals surface area (Å²) in [6.45, 7) is 3.47. The van der Waals surface area contributed by atoms with Crippen LogP contribution in [-0.4, -0.2) is 50.1 Å². The summed E-state index contributed by atoms with van der Waals surface area (Å²) in [5, 5.41) is 1.57. The summed E-state index contributed by atoms with van der Waals surface area (Å²) in [5.74, 6) is 0.854. The van der Waals surface area contributed by atoms with Crippen molar-refractivity contribution in [2.75, 3.05) is 39.2 Å². The van der Waals surface area contributed by atoms with Crippen molar-refractivity contribution in [3.63, 3.8) is 0 Å². The van der Waals surface area contributed by atoms with Gasteiger partial charge >= 0.3 is 0 Å². The van der Waals surface area contributed by atoms with Crippen LogP contribution in [0.4, 0.5) is 5.13 Å². The van der Waals surface area contributed by atoms with Crippen LogP contribution in [0.3, 0.4) is 0 Å². The lowest BCUT2D eigenvalue weighted by Crippen LogP contribution is -2.33. The van der Waals surface area contributed by atoms with E-state index in [0.29, 0.717) is 28.8 Å². The van der Waals surface area contributed by atoms with Crippen molar-refractivity contribution < 1.29 is 13.9 Å². The molecule has 0 aliphatic carbocycles. The number of methoxy groups -OCH3 is 1. The number of anilines is 1. The number of carbonyl (C=O) groups is 1. The smallest absolute Gasteiger partial charge is 0.295 e. The second-order valence-electron chi connectivity index (χ2n) is 7.52. The van der Waals surface area contributed by atoms with E-state index in [-0.39, 0.29) is 18.3 Å². The Balaban J connectivity index is 0.00000272. The normalized spacial score (nSPS) is 11.1. The molecule has 0 bridgehead atoms. The minimum absolute atomic E-state index is 0. The number of hydrogen-bond acceptors (Lipinski definition) is 6. The van der Waals surface area contributed by atoms with E-state index in [9.17, 15) is 4.79 Å². The van der Waals surface area contributed by atoms with Crippen LogP contribution in [0.1, 0.15) is 22.5 Å². The van der Waals surface area contributed by atoms with Gasteiger partial charge in [-0.3, -0.25) is 9.69 Å². The van der Waals surface area contributed by atoms with E-state index in [1.165, 1.54) is 11.3 Å². The number of ether oxygens (including phenoxy) is 1. The SMILES string of the molecule is COc1ccc(C)c2sc(N(CCCN(C)C)C(=O)c3cc4ccccc4o3)nc12.Cl. The molecule has 0 radical (unpaired) electrons. The van der Waals surface area contributed by atoms with Crippen molar-refractivity contribution in [1.82, 2.24) is 9.88 Å². The Morgan fingerprint density at radius 2 is 1.94 bits per heavy atom. The third-order valence-electron chi connectivity index (χ3n) is 5.01. The Labute approximate surface area is 191 Å². The molecule has 0 fully saturated rings. The third kappa shape index (κ3) is 4.69. The zero-order valence-corrected chi connectivity index (χ0v) is 19.7. The standard InChI is InChI=1S/C23H25N3O3S.ClH/c1-15-10-11-18(28-4)20-21(15)30-23(24-20)26(13-7-12-25(2)3)22(27)19-14-16-8-5-6-9-17(16)29-19;/h5-6,8-11,14H,7,12-13H2,1-4H3;1H. The highest BCUT2D eigenvalue weighted by Crippen LogP contribution is 2.37. The van der Waals surface area contributed by atoms with Crippen molar-refractivity contribution in [2.45, 2.75) is 13.3 Å². The summed E-state index contributed by atoms with van der Waals surface area (Å²) in [7, 11) is 5.69. The summed E-state index contributed by atoms with van der Waals surface area (Å²) in [5.41, 5.74) is 2.60. The lowest BCUT2D eigenvalue weighted by molar-refractivity contribution is 0.0961. The number of nitrogens with zero attached hydrogens (tertiary/aromatic N) is 3. The van der Waals surface area contributed by atoms with Gasteiger partial charge in [0.15, 0.2) is 10.9 Å². The number of para-hydroxylation sites is 1. The molecule has 0 spiro atoms. The monoisotopic (exact) mass is 459 g/mol. The first-order valence-electron chi connectivity index (χ1n) is 9.87. The Kier molecular flexibility index (Phi) is 7.20. The van der Waals surface area contributed by atoms with E-state index in [0.717, 1.165) is 34.1 Å². The van der Waals surface area contributed by atoms with E-state index >= 15 is 0 Å². The highest BCUT2D eigenvalue weighted by Gasteiger charge is 2.25. The van der Waals surface area contributed by atoms with Crippen molar-refractivity contribution in [3.8, 4) is 5.75 Å². The molecular weight excluding hydrogens is 434 g/mol. The Morgan fingerprint density at radius 3 is 2.65 bits per heavy atom. The van der Waals surface area contributed by atoms with Crippen LogP contribution in [-0.2, 0) is 0 Å². The molecule has 164 valence electrons. The fourth-order valence-corrected chi connectivity index (χ4v) is 4.50. The highest BCUT2D eigenvalue weighted by atomic mass is 35.5. The van der Waals surface area contributed by atoms with Gasteiger partial charge in [0.05, 0.1) is 11.8 Å². The molecule has 2 heterocycles. The average Bonchev–Trinajstić information content (AvgIpc) is 3.36. The number of carbonyl (C=O) groups excluding carboxylic acids is 1. The van der Waals surface area contributed by atoms with Gasteiger partial charge in [-0.1, -0.05) is 35.6 Å². The van der Waals surface area contributed by atoms with Crippen LogP contribution in [0, 0.1) is 6.92 Å². The first-order valence-corrected chi connectivity index (χ1v) is 10.7. The summed E-state index contributed by atoms with van der Waals surface area (Å²) in [6, 6.07) is 13.4. The third-order valence-corrected chi connectivity index (χ3v) is 6.23. The quantitative estimate of drug-likeness (QED) is 0.371. The molecule has 6 nitrogen and oxygen atoms in total. The number of aryl methyl sites for hydroxylation is 1. The zero-order valence-electron chi connectivity index (χ0n) is 18.0. The van der Waals surface area contributed by atoms with E-state index in [1.807, 2.05) is 57.4 Å². The fraction of sp³-hybridized carbons (Fsp3) is 0.304. The molecule has 0 N–H and O–H groups in total. The molecule has 0 unspecified atom stereocenters. The average molecular weight is 460 g/mol. The van der Waals surface area contributed by atoms with Gasteiger partial charge < -0.3 is 14.1 Å². The zero-order chi connectivity index (χ0) is 21.3. The molecule has 1 amide bonds. The minimum Gasteiger partial charge on any atom is -0.494 e. The van der Waals surface area contributed by atoms with E-state index in [4.69, 9.17) is 14.1 Å². The van der Waals surface area contributed by atoms with Gasteiger partial charge in [0.1, 0.15) is 16.8 Å². The molecule has 0 saturated heterocycles. The van der Waals surface area contributed by atoms with Crippen LogP contribution in [0.2, 0.25) is 0 Å². The van der Waals surface area contributed by atoms with Crippen molar-refractivity contribution in [1.29, 1.82) is 0 Å². The van der Waals surface area contributed by atoms with Gasteiger partial charge in [-0.05, 0) is 57.7 Å². The number of aromatic nitrogens is 1. The molecule has 4 rings (SSSR count). The lowest BCUT2D eigenvalue weighted by atomic mass is 10.2. The molecule has 4 aromatic rings. The number of rotatable bonds is 7. The van der Waals surface area contributed by atoms with Gasteiger partial charge in [-0.15, -0.1) is 12.4 Å². The summed E-state index contributed by atoms with van der Waals surface area (Å²) >= 11 is 1.51. The molecule has 31 heavy (non-hydrogen) atoms. The maximum atomic E-state index is 13.5. The first-order chi connectivity index (χ1) is 14.5. The molecule has 2 aromatic carbocycles. The van der Waals surface area contributed by atoms with Crippen LogP contribution >= 0.6 is 23.7 Å². The van der Waals surface area contributed by atoms with Gasteiger partial charge in [-0.25, -0.2) is 4.98 Å². The number of halogens is 1. The first kappa shape index (κ1) is 23.1. The minimum atomic E-state index is -0.180. The molecule has 8 heteroatoms. The second kappa shape index (κ2) is 9.68. The molecule has 0 aliphatic heterocycles. The summed E-state index contributed by atoms with van der Waals surface area (Å²) in [6.07, 6.45) is 0.824. The van der Waals surface area contributed by atoms with Crippen molar-refractivity contribution >= 4 is 56.0 Å². The van der Waals surface area contributed by atoms with Gasteiger partial charge in [0.2, 0.25) is 0 Å². The number of hydrogen-bond donors (Lipinski definition) is 0. The van der Waals surface area contributed by atoms with Gasteiger partial charge in [0.25, 0.3) is 5.91 Å². The van der Waals surface area contributed by atoms with E-state index in [1.54, 1.807) is 18.1 Å². The van der Waals surface area contributed by atoms with Gasteiger partial charge in [0, 0.05) is 11.9 Å². The molecule has 0 saturated carbocycles. The maximum absolute atomic E-state index is 13.5. The topological polar surface area (TPSA) is 58.8 Å². The Hall–Kier alpha value is -2.61. The van der Waals surface area contributed by atoms with Gasteiger partial charge in [-0.2, -0.15) is 0 Å². The lowest BCUT2D eigenvalue weighted by Gasteiger charge is -2.19. The number of thiazole rings is 1. The molecule has 0 aliphatic rings. The largest absolute Gasteiger partial charge is 0.494 e. The van der Waals surface area contributed by atoms with Crippen molar-refractivity contribution in [3.05, 3.63) is 53.8 Å². The number of amides is 1. The molecule has 2 aromatic heterocycles. The Morgan fingerprint density at radius 1 is 1.16 bits per heavy atom. The Bertz CT molecular complexity index is 1170. The maximum Gasteiger partial charge on any atom is 0.295 e. The predicted octanol–water partition coefficient (Wildman–Crippen LogP) is 5.38. The number of fused-ring (bicyclic) bond motifs is 2. The fourth-order valence-electron chi connectivity index (χ4n) is 3.43. The van der Waals surface area contributed by atoms with Crippen LogP contribution in [0.25, 0.3) is 21.2 Å². The van der Waals surface area contributed by atoms with Crippen LogP contribution < -0.4 is 9.64 Å². The van der Waals surface area contributed by atoms with Crippen molar-refractivity contribution in [2.24, 2.45) is 0 Å². The van der Waals surface area contributed by atoms with E-state index < -0.39 is 0 Å². The highest BCUT2D eigenvalue weighted by molar-refractivity contribution is 7.22. The predicted molar refractivity (Wildman–Crippen MR) is 129 cm³/mol. The van der Waals surface area contributed by atoms with Crippen LogP contribution in [0.15, 0.2) is 46.9 Å². The second-order valence-corrected chi connectivity index (χ2v) is 8.50. The number of furan rings is 1. The van der Waals surface area contributed by atoms with Crippen LogP contribution in [0.5, 0.6) is 5.75 Å². The van der Waals surface area contributed by atoms with E-state index in [2.05, 4.69) is 4.90 Å². The molecule has 0 atom stereocenters. The summed E-state index contributed by atoms with van der Waals surface area (Å²) in [4.78, 5) is 22.1.